The third kappa shape index (κ3) is 3.87. The first kappa shape index (κ1) is 14.2. The number of benzene rings is 1. The molecule has 2 N–H and O–H groups in total. The lowest BCUT2D eigenvalue weighted by Gasteiger charge is -2.12. The monoisotopic (exact) mass is 248 g/mol. The number of rotatable bonds is 3. The third-order valence-corrected chi connectivity index (χ3v) is 2.60. The molecule has 0 aliphatic rings. The van der Waals surface area contributed by atoms with Crippen LogP contribution in [-0.4, -0.2) is 18.4 Å². The fourth-order valence-corrected chi connectivity index (χ4v) is 1.56. The summed E-state index contributed by atoms with van der Waals surface area (Å²) in [5, 5.41) is 5.24. The first-order valence-electron chi connectivity index (χ1n) is 6.07. The predicted octanol–water partition coefficient (Wildman–Crippen LogP) is 2.01. The van der Waals surface area contributed by atoms with Crippen LogP contribution in [0, 0.1) is 19.8 Å². The molecule has 0 bridgehead atoms. The van der Waals surface area contributed by atoms with E-state index >= 15 is 0 Å². The van der Waals surface area contributed by atoms with Gasteiger partial charge in [-0.2, -0.15) is 0 Å². The smallest absolute Gasteiger partial charge is 0.313 e. The number of nitrogens with one attached hydrogen (secondary N) is 2. The second-order valence-corrected chi connectivity index (χ2v) is 4.82. The first-order valence-corrected chi connectivity index (χ1v) is 6.07. The summed E-state index contributed by atoms with van der Waals surface area (Å²) in [6.45, 7) is 8.25. The van der Waals surface area contributed by atoms with Crippen LogP contribution >= 0.6 is 0 Å². The molecule has 0 fully saturated rings. The molecular weight excluding hydrogens is 228 g/mol. The van der Waals surface area contributed by atoms with Crippen LogP contribution in [0.15, 0.2) is 18.2 Å². The Kier molecular flexibility index (Phi) is 4.89. The molecule has 0 aliphatic heterocycles. The molecule has 0 radical (unpaired) electrons. The Bertz CT molecular complexity index is 433. The second kappa shape index (κ2) is 6.19. The molecule has 0 aromatic heterocycles. The largest absolute Gasteiger partial charge is 0.348 e. The highest BCUT2D eigenvalue weighted by Crippen LogP contribution is 2.19. The number of carbonyl (C=O) groups excluding carboxylic acids is 2. The molecule has 1 aromatic rings. The number of hydrogen-bond acceptors (Lipinski definition) is 2. The summed E-state index contributed by atoms with van der Waals surface area (Å²) in [5.74, 6) is -0.888. The summed E-state index contributed by atoms with van der Waals surface area (Å²) in [4.78, 5) is 23.3. The zero-order valence-electron chi connectivity index (χ0n) is 11.3. The molecule has 0 atom stereocenters. The highest BCUT2D eigenvalue weighted by Gasteiger charge is 2.15. The van der Waals surface area contributed by atoms with E-state index in [2.05, 4.69) is 10.6 Å². The standard InChI is InChI=1S/C14H20N2O2/c1-9(2)8-15-13(17)14(18)16-12-10(3)6-5-7-11(12)4/h5-7,9H,8H2,1-4H3,(H,15,17)(H,16,18). The van der Waals surface area contributed by atoms with Gasteiger partial charge in [0.2, 0.25) is 0 Å². The van der Waals surface area contributed by atoms with E-state index in [0.717, 1.165) is 11.1 Å². The van der Waals surface area contributed by atoms with Crippen LogP contribution in [0.5, 0.6) is 0 Å². The van der Waals surface area contributed by atoms with Gasteiger partial charge in [0.05, 0.1) is 0 Å². The summed E-state index contributed by atoms with van der Waals surface area (Å²) in [5.41, 5.74) is 2.60. The van der Waals surface area contributed by atoms with Crippen LogP contribution in [0.25, 0.3) is 0 Å². The molecule has 4 nitrogen and oxygen atoms in total. The van der Waals surface area contributed by atoms with Gasteiger partial charge in [-0.25, -0.2) is 0 Å². The first-order chi connectivity index (χ1) is 8.41. The number of amides is 2. The van der Waals surface area contributed by atoms with Crippen molar-refractivity contribution in [3.05, 3.63) is 29.3 Å². The summed E-state index contributed by atoms with van der Waals surface area (Å²) in [6, 6.07) is 5.71. The number of carbonyl (C=O) groups is 2. The van der Waals surface area contributed by atoms with Crippen LogP contribution in [0.2, 0.25) is 0 Å². The van der Waals surface area contributed by atoms with Crippen molar-refractivity contribution < 1.29 is 9.59 Å². The molecule has 1 rings (SSSR count). The van der Waals surface area contributed by atoms with Gasteiger partial charge in [-0.1, -0.05) is 32.0 Å². The molecule has 0 aliphatic carbocycles. The maximum Gasteiger partial charge on any atom is 0.313 e. The Hall–Kier alpha value is -1.84. The minimum atomic E-state index is -0.618. The molecule has 0 saturated carbocycles. The van der Waals surface area contributed by atoms with Gasteiger partial charge in [0, 0.05) is 12.2 Å². The lowest BCUT2D eigenvalue weighted by Crippen LogP contribution is -2.37. The van der Waals surface area contributed by atoms with Crippen LogP contribution < -0.4 is 10.6 Å². The van der Waals surface area contributed by atoms with E-state index in [-0.39, 0.29) is 0 Å². The minimum Gasteiger partial charge on any atom is -0.348 e. The summed E-state index contributed by atoms with van der Waals surface area (Å²) >= 11 is 0. The maximum atomic E-state index is 11.7. The van der Waals surface area contributed by atoms with Crippen molar-refractivity contribution in [2.45, 2.75) is 27.7 Å². The van der Waals surface area contributed by atoms with Crippen molar-refractivity contribution in [3.63, 3.8) is 0 Å². The SMILES string of the molecule is Cc1cccc(C)c1NC(=O)C(=O)NCC(C)C. The van der Waals surface area contributed by atoms with Crippen LogP contribution in [0.4, 0.5) is 5.69 Å². The van der Waals surface area contributed by atoms with Gasteiger partial charge < -0.3 is 10.6 Å². The van der Waals surface area contributed by atoms with Gasteiger partial charge in [-0.3, -0.25) is 9.59 Å². The van der Waals surface area contributed by atoms with Gasteiger partial charge in [-0.05, 0) is 30.9 Å². The zero-order chi connectivity index (χ0) is 13.7. The van der Waals surface area contributed by atoms with Gasteiger partial charge in [0.1, 0.15) is 0 Å². The van der Waals surface area contributed by atoms with E-state index in [1.807, 2.05) is 45.9 Å². The molecule has 1 aromatic carbocycles. The number of para-hydroxylation sites is 1. The fraction of sp³-hybridized carbons (Fsp3) is 0.429. The topological polar surface area (TPSA) is 58.2 Å². The third-order valence-electron chi connectivity index (χ3n) is 2.60. The van der Waals surface area contributed by atoms with Crippen molar-refractivity contribution in [2.75, 3.05) is 11.9 Å². The molecule has 4 heteroatoms. The molecule has 2 amide bonds. The average Bonchev–Trinajstić information content (AvgIpc) is 2.30. The molecule has 0 heterocycles. The molecule has 0 unspecified atom stereocenters. The Morgan fingerprint density at radius 1 is 1.11 bits per heavy atom. The summed E-state index contributed by atoms with van der Waals surface area (Å²) < 4.78 is 0. The Morgan fingerprint density at radius 2 is 1.67 bits per heavy atom. The van der Waals surface area contributed by atoms with Crippen molar-refractivity contribution in [1.82, 2.24) is 5.32 Å². The van der Waals surface area contributed by atoms with Crippen molar-refractivity contribution >= 4 is 17.5 Å². The number of hydrogen-bond donors (Lipinski definition) is 2. The quantitative estimate of drug-likeness (QED) is 0.804. The van der Waals surface area contributed by atoms with Crippen LogP contribution in [0.3, 0.4) is 0 Å². The highest BCUT2D eigenvalue weighted by atomic mass is 16.2. The highest BCUT2D eigenvalue weighted by molar-refractivity contribution is 6.39. The van der Waals surface area contributed by atoms with Gasteiger partial charge in [0.25, 0.3) is 0 Å². The van der Waals surface area contributed by atoms with E-state index in [4.69, 9.17) is 0 Å². The molecule has 98 valence electrons. The van der Waals surface area contributed by atoms with E-state index < -0.39 is 11.8 Å². The fourth-order valence-electron chi connectivity index (χ4n) is 1.56. The average molecular weight is 248 g/mol. The van der Waals surface area contributed by atoms with E-state index in [9.17, 15) is 9.59 Å². The Labute approximate surface area is 108 Å². The maximum absolute atomic E-state index is 11.7. The second-order valence-electron chi connectivity index (χ2n) is 4.82. The van der Waals surface area contributed by atoms with Gasteiger partial charge >= 0.3 is 11.8 Å². The predicted molar refractivity (Wildman–Crippen MR) is 72.4 cm³/mol. The Morgan fingerprint density at radius 3 is 2.17 bits per heavy atom. The summed E-state index contributed by atoms with van der Waals surface area (Å²) in [6.07, 6.45) is 0. The van der Waals surface area contributed by atoms with Crippen molar-refractivity contribution in [2.24, 2.45) is 5.92 Å². The van der Waals surface area contributed by atoms with Gasteiger partial charge in [-0.15, -0.1) is 0 Å². The number of anilines is 1. The zero-order valence-corrected chi connectivity index (χ0v) is 11.3. The lowest BCUT2D eigenvalue weighted by molar-refractivity contribution is -0.136. The molecule has 0 saturated heterocycles. The Balaban J connectivity index is 2.67. The van der Waals surface area contributed by atoms with Gasteiger partial charge in [0.15, 0.2) is 0 Å². The molecule has 18 heavy (non-hydrogen) atoms. The summed E-state index contributed by atoms with van der Waals surface area (Å²) in [7, 11) is 0. The van der Waals surface area contributed by atoms with E-state index in [1.165, 1.54) is 0 Å². The van der Waals surface area contributed by atoms with Crippen LogP contribution in [0.1, 0.15) is 25.0 Å². The van der Waals surface area contributed by atoms with Crippen LogP contribution in [-0.2, 0) is 9.59 Å². The van der Waals surface area contributed by atoms with Crippen molar-refractivity contribution in [3.8, 4) is 0 Å². The normalized spacial score (nSPS) is 10.3. The van der Waals surface area contributed by atoms with Crippen molar-refractivity contribution in [1.29, 1.82) is 0 Å². The molecular formula is C14H20N2O2. The lowest BCUT2D eigenvalue weighted by atomic mass is 10.1. The van der Waals surface area contributed by atoms with E-state index in [0.29, 0.717) is 18.2 Å². The molecule has 0 spiro atoms. The minimum absolute atomic E-state index is 0.321. The number of aryl methyl sites for hydroxylation is 2. The van der Waals surface area contributed by atoms with E-state index in [1.54, 1.807) is 0 Å².